The second-order valence-corrected chi connectivity index (χ2v) is 7.15. The monoisotopic (exact) mass is 424 g/mol. The van der Waals surface area contributed by atoms with E-state index in [1.807, 2.05) is 12.1 Å². The second kappa shape index (κ2) is 7.91. The van der Waals surface area contributed by atoms with Crippen LogP contribution < -0.4 is 5.32 Å². The molecule has 0 aliphatic rings. The number of nitrogens with one attached hydrogen (secondary N) is 1. The van der Waals surface area contributed by atoms with Crippen molar-refractivity contribution in [2.24, 2.45) is 0 Å². The highest BCUT2D eigenvalue weighted by Crippen LogP contribution is 2.35. The minimum Gasteiger partial charge on any atom is -0.451 e. The zero-order valence-corrected chi connectivity index (χ0v) is 15.7. The van der Waals surface area contributed by atoms with E-state index >= 15 is 0 Å². The van der Waals surface area contributed by atoms with Crippen molar-refractivity contribution in [2.75, 3.05) is 11.9 Å². The summed E-state index contributed by atoms with van der Waals surface area (Å²) in [6.07, 6.45) is 0. The molecule has 0 saturated carbocycles. The standard InChI is InChI=1S/C17H10Cl2N2O5S/c18-9-5-6-12(21(24)25)11(7-9)20-14(22)8-26-17(23)16-15(19)10-3-1-2-4-13(10)27-16/h1-7H,8H2,(H,20,22). The number of carbonyl (C=O) groups is 2. The van der Waals surface area contributed by atoms with Crippen molar-refractivity contribution in [1.29, 1.82) is 0 Å². The Kier molecular flexibility index (Phi) is 5.59. The Balaban J connectivity index is 1.69. The normalized spacial score (nSPS) is 10.6. The van der Waals surface area contributed by atoms with Gasteiger partial charge in [-0.15, -0.1) is 11.3 Å². The van der Waals surface area contributed by atoms with Gasteiger partial charge in [0.25, 0.3) is 11.6 Å². The minimum atomic E-state index is -0.753. The largest absolute Gasteiger partial charge is 0.451 e. The Morgan fingerprint density at radius 2 is 1.93 bits per heavy atom. The molecular formula is C17H10Cl2N2O5S. The molecule has 3 aromatic rings. The zero-order chi connectivity index (χ0) is 19.6. The van der Waals surface area contributed by atoms with Crippen LogP contribution in [0, 0.1) is 10.1 Å². The number of amides is 1. The molecule has 0 bridgehead atoms. The van der Waals surface area contributed by atoms with Crippen molar-refractivity contribution in [1.82, 2.24) is 0 Å². The molecule has 0 radical (unpaired) electrons. The van der Waals surface area contributed by atoms with Crippen molar-refractivity contribution in [3.63, 3.8) is 0 Å². The van der Waals surface area contributed by atoms with E-state index in [9.17, 15) is 19.7 Å². The molecule has 0 spiro atoms. The molecule has 1 N–H and O–H groups in total. The molecule has 27 heavy (non-hydrogen) atoms. The van der Waals surface area contributed by atoms with E-state index < -0.39 is 23.4 Å². The average molecular weight is 425 g/mol. The molecule has 1 aromatic heterocycles. The number of anilines is 1. The molecule has 3 rings (SSSR count). The van der Waals surface area contributed by atoms with Crippen LogP contribution >= 0.6 is 34.5 Å². The maximum Gasteiger partial charge on any atom is 0.350 e. The van der Waals surface area contributed by atoms with E-state index in [0.29, 0.717) is 0 Å². The lowest BCUT2D eigenvalue weighted by molar-refractivity contribution is -0.383. The molecule has 0 aliphatic heterocycles. The van der Waals surface area contributed by atoms with E-state index in [-0.39, 0.29) is 26.3 Å². The Labute approximate surface area is 166 Å². The van der Waals surface area contributed by atoms with Crippen LogP contribution in [0.5, 0.6) is 0 Å². The molecule has 0 fully saturated rings. The number of thiophene rings is 1. The van der Waals surface area contributed by atoms with Gasteiger partial charge in [-0.2, -0.15) is 0 Å². The maximum absolute atomic E-state index is 12.2. The number of fused-ring (bicyclic) bond motifs is 1. The Hall–Kier alpha value is -2.68. The third-order valence-corrected chi connectivity index (χ3v) is 5.37. The van der Waals surface area contributed by atoms with Gasteiger partial charge in [0.05, 0.1) is 9.95 Å². The Morgan fingerprint density at radius 1 is 1.19 bits per heavy atom. The van der Waals surface area contributed by atoms with E-state index in [1.54, 1.807) is 12.1 Å². The lowest BCUT2D eigenvalue weighted by Gasteiger charge is -2.07. The number of nitro benzene ring substituents is 1. The zero-order valence-electron chi connectivity index (χ0n) is 13.4. The van der Waals surface area contributed by atoms with Crippen molar-refractivity contribution in [2.45, 2.75) is 0 Å². The maximum atomic E-state index is 12.2. The smallest absolute Gasteiger partial charge is 0.350 e. The van der Waals surface area contributed by atoms with Crippen LogP contribution in [0.25, 0.3) is 10.1 Å². The van der Waals surface area contributed by atoms with E-state index in [0.717, 1.165) is 21.4 Å². The summed E-state index contributed by atoms with van der Waals surface area (Å²) in [6.45, 7) is -0.632. The summed E-state index contributed by atoms with van der Waals surface area (Å²) in [6, 6.07) is 10.9. The number of ether oxygens (including phenoxy) is 1. The summed E-state index contributed by atoms with van der Waals surface area (Å²) >= 11 is 13.1. The average Bonchev–Trinajstić information content (AvgIpc) is 2.97. The van der Waals surface area contributed by atoms with E-state index in [2.05, 4.69) is 5.32 Å². The predicted octanol–water partition coefficient (Wildman–Crippen LogP) is 4.91. The van der Waals surface area contributed by atoms with Gasteiger partial charge in [0.15, 0.2) is 6.61 Å². The van der Waals surface area contributed by atoms with Gasteiger partial charge >= 0.3 is 5.97 Å². The van der Waals surface area contributed by atoms with Crippen LogP contribution in [-0.2, 0) is 9.53 Å². The predicted molar refractivity (Wildman–Crippen MR) is 104 cm³/mol. The SMILES string of the molecule is O=C(COC(=O)c1sc2ccccc2c1Cl)Nc1cc(Cl)ccc1[N+](=O)[O-]. The molecular weight excluding hydrogens is 415 g/mol. The summed E-state index contributed by atoms with van der Waals surface area (Å²) in [5.74, 6) is -1.50. The summed E-state index contributed by atoms with van der Waals surface area (Å²) < 4.78 is 5.79. The molecule has 7 nitrogen and oxygen atoms in total. The van der Waals surface area contributed by atoms with Gasteiger partial charge in [0.2, 0.25) is 0 Å². The Morgan fingerprint density at radius 3 is 2.63 bits per heavy atom. The fourth-order valence-electron chi connectivity index (χ4n) is 2.30. The first-order valence-electron chi connectivity index (χ1n) is 7.44. The first kappa shape index (κ1) is 19.1. The number of halogens is 2. The van der Waals surface area contributed by atoms with Gasteiger partial charge in [0, 0.05) is 21.2 Å². The van der Waals surface area contributed by atoms with Crippen LogP contribution in [-0.4, -0.2) is 23.4 Å². The van der Waals surface area contributed by atoms with Crippen LogP contribution in [0.3, 0.4) is 0 Å². The van der Waals surface area contributed by atoms with Crippen molar-refractivity contribution < 1.29 is 19.2 Å². The number of hydrogen-bond donors (Lipinski definition) is 1. The number of carbonyl (C=O) groups excluding carboxylic acids is 2. The fourth-order valence-corrected chi connectivity index (χ4v) is 3.87. The molecule has 10 heteroatoms. The van der Waals surface area contributed by atoms with Crippen molar-refractivity contribution in [3.8, 4) is 0 Å². The molecule has 0 unspecified atom stereocenters. The van der Waals surface area contributed by atoms with Gasteiger partial charge in [-0.05, 0) is 18.2 Å². The van der Waals surface area contributed by atoms with Gasteiger partial charge in [-0.25, -0.2) is 4.79 Å². The molecule has 0 aliphatic carbocycles. The molecule has 1 heterocycles. The van der Waals surface area contributed by atoms with Crippen LogP contribution in [0.2, 0.25) is 10.0 Å². The number of nitro groups is 1. The number of hydrogen-bond acceptors (Lipinski definition) is 6. The van der Waals surface area contributed by atoms with E-state index in [1.165, 1.54) is 18.2 Å². The lowest BCUT2D eigenvalue weighted by atomic mass is 10.2. The van der Waals surface area contributed by atoms with Crippen LogP contribution in [0.4, 0.5) is 11.4 Å². The second-order valence-electron chi connectivity index (χ2n) is 5.28. The topological polar surface area (TPSA) is 98.5 Å². The fraction of sp³-hybridized carbons (Fsp3) is 0.0588. The summed E-state index contributed by atoms with van der Waals surface area (Å²) in [5.41, 5.74) is -0.417. The third kappa shape index (κ3) is 4.19. The summed E-state index contributed by atoms with van der Waals surface area (Å²) in [4.78, 5) is 34.7. The van der Waals surface area contributed by atoms with Gasteiger partial charge in [0.1, 0.15) is 10.6 Å². The molecule has 1 amide bonds. The number of esters is 1. The number of benzene rings is 2. The molecule has 138 valence electrons. The molecule has 2 aromatic carbocycles. The molecule has 0 atom stereocenters. The van der Waals surface area contributed by atoms with E-state index in [4.69, 9.17) is 27.9 Å². The van der Waals surface area contributed by atoms with Gasteiger partial charge in [-0.1, -0.05) is 41.4 Å². The van der Waals surface area contributed by atoms with Crippen molar-refractivity contribution in [3.05, 3.63) is 67.5 Å². The minimum absolute atomic E-state index is 0.0894. The summed E-state index contributed by atoms with van der Waals surface area (Å²) in [5, 5.41) is 14.5. The highest BCUT2D eigenvalue weighted by atomic mass is 35.5. The van der Waals surface area contributed by atoms with Crippen molar-refractivity contribution >= 4 is 67.9 Å². The highest BCUT2D eigenvalue weighted by Gasteiger charge is 2.21. The van der Waals surface area contributed by atoms with Gasteiger partial charge in [-0.3, -0.25) is 14.9 Å². The quantitative estimate of drug-likeness (QED) is 0.356. The van der Waals surface area contributed by atoms with Gasteiger partial charge < -0.3 is 10.1 Å². The first-order valence-corrected chi connectivity index (χ1v) is 9.02. The molecule has 0 saturated heterocycles. The number of rotatable bonds is 5. The lowest BCUT2D eigenvalue weighted by Crippen LogP contribution is -2.21. The highest BCUT2D eigenvalue weighted by molar-refractivity contribution is 7.21. The summed E-state index contributed by atoms with van der Waals surface area (Å²) in [7, 11) is 0. The Bertz CT molecular complexity index is 1070. The first-order chi connectivity index (χ1) is 12.9. The van der Waals surface area contributed by atoms with Crippen LogP contribution in [0.1, 0.15) is 9.67 Å². The van der Waals surface area contributed by atoms with Crippen LogP contribution in [0.15, 0.2) is 42.5 Å². The number of nitrogens with zero attached hydrogens (tertiary/aromatic N) is 1. The third-order valence-electron chi connectivity index (χ3n) is 3.48.